The van der Waals surface area contributed by atoms with Gasteiger partial charge in [0.05, 0.1) is 22.9 Å². The second-order valence-corrected chi connectivity index (χ2v) is 20.8. The van der Waals surface area contributed by atoms with Gasteiger partial charge in [0, 0.05) is 70.9 Å². The molecule has 12 atom stereocenters. The first-order valence-electron chi connectivity index (χ1n) is 19.0. The third-order valence-electron chi connectivity index (χ3n) is 15.4. The lowest BCUT2D eigenvalue weighted by atomic mass is 9.56. The number of rotatable bonds is 4. The Morgan fingerprint density at radius 2 is 1.65 bits per heavy atom. The van der Waals surface area contributed by atoms with Crippen LogP contribution < -0.4 is 0 Å². The zero-order valence-electron chi connectivity index (χ0n) is 29.1. The van der Waals surface area contributed by atoms with Crippen LogP contribution in [0.2, 0.25) is 0 Å². The highest BCUT2D eigenvalue weighted by Crippen LogP contribution is 2.63. The highest BCUT2D eigenvalue weighted by molar-refractivity contribution is 7.95. The molecule has 5 fully saturated rings. The lowest BCUT2D eigenvalue weighted by Gasteiger charge is -2.48. The number of nitrogens with zero attached hydrogens (tertiary/aromatic N) is 2. The van der Waals surface area contributed by atoms with E-state index in [1.807, 2.05) is 0 Å². The van der Waals surface area contributed by atoms with Crippen molar-refractivity contribution >= 4 is 27.9 Å². The molecule has 4 saturated carbocycles. The minimum absolute atomic E-state index is 0.0208. The molecule has 9 aliphatic rings. The van der Waals surface area contributed by atoms with Crippen molar-refractivity contribution in [2.45, 2.75) is 140 Å². The first-order valence-corrected chi connectivity index (χ1v) is 21.3. The Morgan fingerprint density at radius 1 is 0.896 bits per heavy atom. The molecule has 5 aliphatic heterocycles. The third kappa shape index (κ3) is 4.79. The van der Waals surface area contributed by atoms with Crippen LogP contribution >= 0.6 is 12.0 Å². The van der Waals surface area contributed by atoms with Crippen LogP contribution in [0.15, 0.2) is 22.9 Å². The first kappa shape index (κ1) is 32.9. The van der Waals surface area contributed by atoms with Gasteiger partial charge in [-0.15, -0.1) is 4.33 Å². The van der Waals surface area contributed by atoms with Gasteiger partial charge < -0.3 is 9.64 Å². The van der Waals surface area contributed by atoms with E-state index in [2.05, 4.69) is 48.3 Å². The summed E-state index contributed by atoms with van der Waals surface area (Å²) < 4.78 is 49.0. The van der Waals surface area contributed by atoms with Gasteiger partial charge in [0.2, 0.25) is 0 Å². The molecule has 0 aromatic rings. The average molecular weight is 704 g/mol. The molecule has 0 aromatic carbocycles. The maximum absolute atomic E-state index is 12.1. The minimum atomic E-state index is -3.98. The fourth-order valence-corrected chi connectivity index (χ4v) is 15.7. The molecular formula is C37H55N2O7S2+. The molecule has 0 amide bonds. The van der Waals surface area contributed by atoms with E-state index in [4.69, 9.17) is 14.3 Å². The summed E-state index contributed by atoms with van der Waals surface area (Å²) in [6.07, 6.45) is 15.3. The molecule has 9 rings (SSSR count). The van der Waals surface area contributed by atoms with E-state index in [1.54, 1.807) is 5.71 Å². The summed E-state index contributed by atoms with van der Waals surface area (Å²) in [6, 6.07) is 1.10. The van der Waals surface area contributed by atoms with Crippen LogP contribution in [0.1, 0.15) is 105 Å². The van der Waals surface area contributed by atoms with Crippen LogP contribution in [0.4, 0.5) is 0 Å². The molecule has 0 bridgehead atoms. The SMILES string of the molecule is CC1(C)C2=C3C=C4C5=[N+](CCC4OC3CCN2C2CCC3CC(S(=O)(=O)O)CCC3C21)C1CCC2CC(SOOO)CCC2C1C5(C)C. The van der Waals surface area contributed by atoms with E-state index in [0.717, 1.165) is 58.0 Å². The van der Waals surface area contributed by atoms with E-state index in [-0.39, 0.29) is 23.0 Å². The monoisotopic (exact) mass is 703 g/mol. The number of allylic oxidation sites excluding steroid dienone is 1. The fourth-order valence-electron chi connectivity index (χ4n) is 14.1. The Morgan fingerprint density at radius 3 is 2.44 bits per heavy atom. The number of hydrogen-bond acceptors (Lipinski definition) is 8. The topological polar surface area (TPSA) is 109 Å². The molecule has 5 heterocycles. The van der Waals surface area contributed by atoms with E-state index in [1.165, 1.54) is 48.1 Å². The molecule has 0 radical (unpaired) electrons. The summed E-state index contributed by atoms with van der Waals surface area (Å²) in [6.45, 7) is 12.1. The Hall–Kier alpha value is -0.950. The summed E-state index contributed by atoms with van der Waals surface area (Å²) in [7, 11) is -3.98. The number of hydrogen-bond donors (Lipinski definition) is 2. The maximum atomic E-state index is 12.1. The zero-order chi connectivity index (χ0) is 33.3. The molecule has 1 saturated heterocycles. The van der Waals surface area contributed by atoms with E-state index >= 15 is 0 Å². The van der Waals surface area contributed by atoms with Gasteiger partial charge in [0.15, 0.2) is 11.8 Å². The second kappa shape index (κ2) is 11.5. The summed E-state index contributed by atoms with van der Waals surface area (Å²) in [5, 5.41) is 12.4. The smallest absolute Gasteiger partial charge is 0.267 e. The van der Waals surface area contributed by atoms with Gasteiger partial charge in [-0.2, -0.15) is 8.42 Å². The first-order chi connectivity index (χ1) is 22.9. The van der Waals surface area contributed by atoms with Gasteiger partial charge in [-0.1, -0.05) is 18.9 Å². The predicted octanol–water partition coefficient (Wildman–Crippen LogP) is 6.66. The van der Waals surface area contributed by atoms with Crippen LogP contribution in [-0.4, -0.2) is 81.3 Å². The lowest BCUT2D eigenvalue weighted by Crippen LogP contribution is -2.48. The molecular weight excluding hydrogens is 649 g/mol. The Labute approximate surface area is 290 Å². The summed E-state index contributed by atoms with van der Waals surface area (Å²) >= 11 is 1.29. The molecule has 12 unspecified atom stereocenters. The zero-order valence-corrected chi connectivity index (χ0v) is 30.7. The Balaban J connectivity index is 1.05. The lowest BCUT2D eigenvalue weighted by molar-refractivity contribution is -0.573. The van der Waals surface area contributed by atoms with Gasteiger partial charge in [-0.3, -0.25) is 4.55 Å². The van der Waals surface area contributed by atoms with Crippen molar-refractivity contribution in [3.8, 4) is 0 Å². The summed E-state index contributed by atoms with van der Waals surface area (Å²) in [5.41, 5.74) is 5.99. The van der Waals surface area contributed by atoms with E-state index in [0.29, 0.717) is 65.7 Å². The normalized spacial score (nSPS) is 45.5. The van der Waals surface area contributed by atoms with Crippen LogP contribution in [0.3, 0.4) is 0 Å². The van der Waals surface area contributed by atoms with Crippen LogP contribution in [0.5, 0.6) is 0 Å². The molecule has 2 N–H and O–H groups in total. The largest absolute Gasteiger partial charge is 0.371 e. The van der Waals surface area contributed by atoms with Crippen molar-refractivity contribution < 1.29 is 36.9 Å². The van der Waals surface area contributed by atoms with Crippen molar-refractivity contribution in [2.75, 3.05) is 13.1 Å². The van der Waals surface area contributed by atoms with Gasteiger partial charge in [0.25, 0.3) is 10.1 Å². The standard InChI is InChI=1S/C37H54N2O7S2/c1-36(2)32-24-9-7-22(47-46-45-40)17-20(24)5-11-28(32)38-15-13-30-26(34(36)38)19-27-31(44-30)14-16-39-29-12-6-21-18-23(48(41,42)43)8-10-25(21)33(29)37(3,4)35(27)39/h19-25,28-33H,5-18H2,1-4H3,(H-,40,41,42,43)/p+1. The summed E-state index contributed by atoms with van der Waals surface area (Å²) in [5.74, 6) is 3.39. The van der Waals surface area contributed by atoms with Crippen molar-refractivity contribution in [1.82, 2.24) is 4.90 Å². The van der Waals surface area contributed by atoms with Crippen LogP contribution in [0, 0.1) is 46.3 Å². The highest BCUT2D eigenvalue weighted by atomic mass is 32.2. The van der Waals surface area contributed by atoms with Crippen LogP contribution in [-0.2, 0) is 24.2 Å². The molecule has 48 heavy (non-hydrogen) atoms. The molecule has 0 aromatic heterocycles. The van der Waals surface area contributed by atoms with Gasteiger partial charge in [0.1, 0.15) is 6.54 Å². The molecule has 11 heteroatoms. The van der Waals surface area contributed by atoms with Crippen molar-refractivity contribution in [3.63, 3.8) is 0 Å². The third-order valence-corrected chi connectivity index (χ3v) is 17.5. The van der Waals surface area contributed by atoms with Crippen molar-refractivity contribution in [2.24, 2.45) is 46.3 Å². The summed E-state index contributed by atoms with van der Waals surface area (Å²) in [4.78, 5) is 2.78. The Kier molecular flexibility index (Phi) is 7.91. The fraction of sp³-hybridized carbons (Fsp3) is 0.865. The van der Waals surface area contributed by atoms with Crippen molar-refractivity contribution in [1.29, 1.82) is 0 Å². The number of ether oxygens (including phenoxy) is 1. The quantitative estimate of drug-likeness (QED) is 0.109. The molecule has 0 spiro atoms. The number of fused-ring (bicyclic) bond motifs is 12. The van der Waals surface area contributed by atoms with Crippen LogP contribution in [0.25, 0.3) is 0 Å². The Bertz CT molecular complexity index is 1550. The molecule has 4 aliphatic carbocycles. The molecule has 266 valence electrons. The van der Waals surface area contributed by atoms with Gasteiger partial charge in [-0.25, -0.2) is 9.83 Å². The van der Waals surface area contributed by atoms with Gasteiger partial charge in [-0.05, 0) is 114 Å². The average Bonchev–Trinajstić information content (AvgIpc) is 3.45. The highest BCUT2D eigenvalue weighted by Gasteiger charge is 2.65. The minimum Gasteiger partial charge on any atom is -0.371 e. The second-order valence-electron chi connectivity index (χ2n) is 18.1. The van der Waals surface area contributed by atoms with Crippen molar-refractivity contribution in [3.05, 3.63) is 22.9 Å². The van der Waals surface area contributed by atoms with E-state index < -0.39 is 15.4 Å². The predicted molar refractivity (Wildman–Crippen MR) is 184 cm³/mol. The molecule has 9 nitrogen and oxygen atoms in total. The van der Waals surface area contributed by atoms with E-state index in [9.17, 15) is 13.0 Å². The maximum Gasteiger partial charge on any atom is 0.267 e. The van der Waals surface area contributed by atoms with Gasteiger partial charge >= 0.3 is 0 Å².